The molecular formula is C25H27N3O2. The summed E-state index contributed by atoms with van der Waals surface area (Å²) in [5.41, 5.74) is 3.64. The van der Waals surface area contributed by atoms with Crippen LogP contribution in [-0.2, 0) is 6.42 Å². The van der Waals surface area contributed by atoms with Crippen LogP contribution in [0.1, 0.15) is 18.4 Å². The van der Waals surface area contributed by atoms with Crippen molar-refractivity contribution in [1.29, 1.82) is 0 Å². The van der Waals surface area contributed by atoms with Gasteiger partial charge in [0.2, 0.25) is 0 Å². The third kappa shape index (κ3) is 5.38. The van der Waals surface area contributed by atoms with E-state index < -0.39 is 0 Å². The van der Waals surface area contributed by atoms with Crippen LogP contribution < -0.4 is 10.1 Å². The van der Waals surface area contributed by atoms with Crippen LogP contribution in [0.15, 0.2) is 79.1 Å². The zero-order valence-corrected chi connectivity index (χ0v) is 17.0. The number of carbonyl (C=O) groups excluding carboxylic acids is 1. The second-order valence-corrected chi connectivity index (χ2v) is 7.54. The lowest BCUT2D eigenvalue weighted by atomic mass is 10.0. The van der Waals surface area contributed by atoms with Gasteiger partial charge in [0.15, 0.2) is 0 Å². The molecule has 1 N–H and O–H groups in total. The van der Waals surface area contributed by atoms with Crippen LogP contribution in [-0.4, -0.2) is 41.7 Å². The summed E-state index contributed by atoms with van der Waals surface area (Å²) in [4.78, 5) is 18.4. The molecule has 4 rings (SSSR count). The lowest BCUT2D eigenvalue weighted by Crippen LogP contribution is -2.46. The van der Waals surface area contributed by atoms with E-state index in [0.29, 0.717) is 19.6 Å². The third-order valence-corrected chi connectivity index (χ3v) is 5.42. The standard InChI is InChI=1S/C25H27N3O2/c29-25(28-17-13-23(14-18-28)30-24-7-4-15-26-19-24)27-16-12-20-8-10-22(11-9-20)21-5-2-1-3-6-21/h1-11,15,19,23H,12-14,16-18H2,(H,27,29). The number of rotatable bonds is 6. The van der Waals surface area contributed by atoms with Crippen LogP contribution in [0.3, 0.4) is 0 Å². The number of carbonyl (C=O) groups is 1. The molecule has 5 heteroatoms. The van der Waals surface area contributed by atoms with Crippen molar-refractivity contribution in [2.75, 3.05) is 19.6 Å². The minimum absolute atomic E-state index is 0.00994. The molecule has 0 unspecified atom stereocenters. The van der Waals surface area contributed by atoms with Crippen molar-refractivity contribution in [3.63, 3.8) is 0 Å². The molecule has 154 valence electrons. The number of urea groups is 1. The van der Waals surface area contributed by atoms with Gasteiger partial charge >= 0.3 is 6.03 Å². The van der Waals surface area contributed by atoms with Gasteiger partial charge in [-0.15, -0.1) is 0 Å². The van der Waals surface area contributed by atoms with Crippen molar-refractivity contribution in [2.45, 2.75) is 25.4 Å². The number of nitrogens with one attached hydrogen (secondary N) is 1. The summed E-state index contributed by atoms with van der Waals surface area (Å²) in [5.74, 6) is 0.790. The molecule has 2 heterocycles. The maximum absolute atomic E-state index is 12.5. The van der Waals surface area contributed by atoms with Crippen molar-refractivity contribution in [3.05, 3.63) is 84.7 Å². The Balaban J connectivity index is 1.18. The van der Waals surface area contributed by atoms with Gasteiger partial charge in [-0.1, -0.05) is 54.6 Å². The molecule has 0 saturated carbocycles. The molecule has 0 radical (unpaired) electrons. The van der Waals surface area contributed by atoms with E-state index in [0.717, 1.165) is 25.0 Å². The smallest absolute Gasteiger partial charge is 0.317 e. The number of ether oxygens (including phenoxy) is 1. The zero-order chi connectivity index (χ0) is 20.6. The summed E-state index contributed by atoms with van der Waals surface area (Å²) < 4.78 is 5.94. The molecule has 0 spiro atoms. The van der Waals surface area contributed by atoms with Crippen LogP contribution in [0.5, 0.6) is 5.75 Å². The van der Waals surface area contributed by atoms with E-state index in [9.17, 15) is 4.79 Å². The molecule has 5 nitrogen and oxygen atoms in total. The Morgan fingerprint density at radius 1 is 0.967 bits per heavy atom. The van der Waals surface area contributed by atoms with Gasteiger partial charge in [-0.25, -0.2) is 4.79 Å². The SMILES string of the molecule is O=C(NCCc1ccc(-c2ccccc2)cc1)N1CCC(Oc2cccnc2)CC1. The highest BCUT2D eigenvalue weighted by Crippen LogP contribution is 2.20. The quantitative estimate of drug-likeness (QED) is 0.660. The second-order valence-electron chi connectivity index (χ2n) is 7.54. The number of likely N-dealkylation sites (tertiary alicyclic amines) is 1. The van der Waals surface area contributed by atoms with E-state index in [1.807, 2.05) is 35.2 Å². The molecule has 1 aromatic heterocycles. The first-order chi connectivity index (χ1) is 14.8. The van der Waals surface area contributed by atoms with E-state index in [4.69, 9.17) is 4.74 Å². The topological polar surface area (TPSA) is 54.5 Å². The van der Waals surface area contributed by atoms with Gasteiger partial charge < -0.3 is 15.0 Å². The van der Waals surface area contributed by atoms with Crippen molar-refractivity contribution in [3.8, 4) is 16.9 Å². The average Bonchev–Trinajstić information content (AvgIpc) is 2.81. The number of amides is 2. The maximum Gasteiger partial charge on any atom is 0.317 e. The fourth-order valence-electron chi connectivity index (χ4n) is 3.71. The van der Waals surface area contributed by atoms with Crippen LogP contribution >= 0.6 is 0 Å². The highest BCUT2D eigenvalue weighted by molar-refractivity contribution is 5.74. The molecule has 2 amide bonds. The highest BCUT2D eigenvalue weighted by atomic mass is 16.5. The summed E-state index contributed by atoms with van der Waals surface area (Å²) in [7, 11) is 0. The molecular weight excluding hydrogens is 374 g/mol. The number of nitrogens with zero attached hydrogens (tertiary/aromatic N) is 2. The van der Waals surface area contributed by atoms with Crippen LogP contribution in [0.2, 0.25) is 0 Å². The average molecular weight is 402 g/mol. The van der Waals surface area contributed by atoms with Crippen molar-refractivity contribution >= 4 is 6.03 Å². The predicted molar refractivity (Wildman–Crippen MR) is 118 cm³/mol. The highest BCUT2D eigenvalue weighted by Gasteiger charge is 2.23. The Morgan fingerprint density at radius 2 is 1.70 bits per heavy atom. The monoisotopic (exact) mass is 401 g/mol. The molecule has 1 fully saturated rings. The largest absolute Gasteiger partial charge is 0.489 e. The number of hydrogen-bond donors (Lipinski definition) is 1. The predicted octanol–water partition coefficient (Wildman–Crippen LogP) is 4.54. The molecule has 1 saturated heterocycles. The molecule has 3 aromatic rings. The van der Waals surface area contributed by atoms with Crippen LogP contribution in [0.4, 0.5) is 4.79 Å². The molecule has 1 aliphatic rings. The van der Waals surface area contributed by atoms with Crippen LogP contribution in [0.25, 0.3) is 11.1 Å². The van der Waals surface area contributed by atoms with E-state index in [-0.39, 0.29) is 12.1 Å². The summed E-state index contributed by atoms with van der Waals surface area (Å²) in [5, 5.41) is 3.05. The van der Waals surface area contributed by atoms with Gasteiger partial charge in [-0.2, -0.15) is 0 Å². The van der Waals surface area contributed by atoms with Gasteiger partial charge in [0.05, 0.1) is 6.20 Å². The van der Waals surface area contributed by atoms with E-state index in [1.54, 1.807) is 12.4 Å². The van der Waals surface area contributed by atoms with Gasteiger partial charge in [-0.3, -0.25) is 4.98 Å². The first kappa shape index (κ1) is 20.0. The first-order valence-electron chi connectivity index (χ1n) is 10.5. The number of aromatic nitrogens is 1. The minimum atomic E-state index is 0.00994. The fourth-order valence-corrected chi connectivity index (χ4v) is 3.71. The Labute approximate surface area is 177 Å². The van der Waals surface area contributed by atoms with Gasteiger partial charge in [0.25, 0.3) is 0 Å². The zero-order valence-electron chi connectivity index (χ0n) is 17.0. The van der Waals surface area contributed by atoms with Crippen molar-refractivity contribution in [1.82, 2.24) is 15.2 Å². The third-order valence-electron chi connectivity index (χ3n) is 5.42. The molecule has 1 aliphatic heterocycles. The fraction of sp³-hybridized carbons (Fsp3) is 0.280. The maximum atomic E-state index is 12.5. The normalized spacial score (nSPS) is 14.3. The Kier molecular flexibility index (Phi) is 6.60. The molecule has 0 aliphatic carbocycles. The van der Waals surface area contributed by atoms with Gasteiger partial charge in [-0.05, 0) is 35.2 Å². The number of hydrogen-bond acceptors (Lipinski definition) is 3. The minimum Gasteiger partial charge on any atom is -0.489 e. The Bertz CT molecular complexity index is 922. The number of pyridine rings is 1. The summed E-state index contributed by atoms with van der Waals surface area (Å²) in [6, 6.07) is 22.7. The molecule has 0 bridgehead atoms. The van der Waals surface area contributed by atoms with Gasteiger partial charge in [0, 0.05) is 38.7 Å². The lowest BCUT2D eigenvalue weighted by Gasteiger charge is -2.32. The molecule has 0 atom stereocenters. The van der Waals surface area contributed by atoms with E-state index in [2.05, 4.69) is 46.7 Å². The van der Waals surface area contributed by atoms with Crippen molar-refractivity contribution < 1.29 is 9.53 Å². The number of benzene rings is 2. The van der Waals surface area contributed by atoms with Crippen molar-refractivity contribution in [2.24, 2.45) is 0 Å². The van der Waals surface area contributed by atoms with Crippen LogP contribution in [0, 0.1) is 0 Å². The first-order valence-corrected chi connectivity index (χ1v) is 10.5. The summed E-state index contributed by atoms with van der Waals surface area (Å²) in [6.07, 6.45) is 6.10. The van der Waals surface area contributed by atoms with Gasteiger partial charge in [0.1, 0.15) is 11.9 Å². The molecule has 30 heavy (non-hydrogen) atoms. The Morgan fingerprint density at radius 3 is 2.40 bits per heavy atom. The summed E-state index contributed by atoms with van der Waals surface area (Å²) >= 11 is 0. The number of piperidine rings is 1. The summed E-state index contributed by atoms with van der Waals surface area (Å²) in [6.45, 7) is 2.06. The lowest BCUT2D eigenvalue weighted by molar-refractivity contribution is 0.111. The van der Waals surface area contributed by atoms with E-state index in [1.165, 1.54) is 16.7 Å². The molecule has 2 aromatic carbocycles. The second kappa shape index (κ2) is 9.92. The Hall–Kier alpha value is -3.34. The van der Waals surface area contributed by atoms with E-state index >= 15 is 0 Å².